The normalized spacial score (nSPS) is 13.6. The maximum absolute atomic E-state index is 14.3. The lowest BCUT2D eigenvalue weighted by Crippen LogP contribution is -2.34. The Morgan fingerprint density at radius 2 is 1.69 bits per heavy atom. The van der Waals surface area contributed by atoms with Crippen LogP contribution in [0.2, 0.25) is 0 Å². The molecule has 1 aromatic carbocycles. The average Bonchev–Trinajstić information content (AvgIpc) is 3.22. The third kappa shape index (κ3) is 8.75. The second-order valence-corrected chi connectivity index (χ2v) is 11.6. The third-order valence-corrected chi connectivity index (χ3v) is 7.53. The first-order valence-electron chi connectivity index (χ1n) is 12.2. The van der Waals surface area contributed by atoms with Gasteiger partial charge in [-0.3, -0.25) is 9.36 Å². The fourth-order valence-corrected chi connectivity index (χ4v) is 5.32. The summed E-state index contributed by atoms with van der Waals surface area (Å²) in [5.74, 6) is -3.28. The van der Waals surface area contributed by atoms with Gasteiger partial charge in [-0.15, -0.1) is 0 Å². The van der Waals surface area contributed by atoms with Crippen molar-refractivity contribution in [3.63, 3.8) is 0 Å². The smallest absolute Gasteiger partial charge is 0.345 e. The Hall–Kier alpha value is -2.16. The zero-order valence-corrected chi connectivity index (χ0v) is 22.8. The zero-order chi connectivity index (χ0) is 27.0. The Bertz CT molecular complexity index is 1010. The van der Waals surface area contributed by atoms with Crippen LogP contribution in [-0.4, -0.2) is 40.6 Å². The lowest BCUT2D eigenvalue weighted by atomic mass is 10.0. The molecule has 0 radical (unpaired) electrons. The molecule has 11 heteroatoms. The lowest BCUT2D eigenvalue weighted by Gasteiger charge is -2.27. The van der Waals surface area contributed by atoms with Gasteiger partial charge in [0.2, 0.25) is 5.89 Å². The standard InChI is InChI=1S/C25H37F2N2O6P/c1-7-10-15-25(26,27)19-13-11-18(12-14-19)16-21-28-22(35-29-21)17-20(23(30)34-24(4,5)6)36(31,32-8-2)33-9-3/h11-14,20H,7-10,15-17H2,1-6H3. The van der Waals surface area contributed by atoms with Gasteiger partial charge in [-0.1, -0.05) is 42.8 Å². The molecule has 0 bridgehead atoms. The van der Waals surface area contributed by atoms with Crippen LogP contribution in [0.15, 0.2) is 28.8 Å². The van der Waals surface area contributed by atoms with Gasteiger partial charge in [0, 0.05) is 18.4 Å². The maximum Gasteiger partial charge on any atom is 0.345 e. The van der Waals surface area contributed by atoms with Crippen molar-refractivity contribution >= 4 is 13.6 Å². The quantitative estimate of drug-likeness (QED) is 0.203. The number of nitrogens with zero attached hydrogens (tertiary/aromatic N) is 2. The summed E-state index contributed by atoms with van der Waals surface area (Å²) in [7, 11) is -3.90. The van der Waals surface area contributed by atoms with Gasteiger partial charge in [-0.25, -0.2) is 8.78 Å². The van der Waals surface area contributed by atoms with Crippen LogP contribution in [0.3, 0.4) is 0 Å². The molecule has 2 aromatic rings. The largest absolute Gasteiger partial charge is 0.459 e. The molecule has 1 heterocycles. The molecule has 0 aliphatic rings. The van der Waals surface area contributed by atoms with Crippen LogP contribution in [0, 0.1) is 0 Å². The fourth-order valence-electron chi connectivity index (χ4n) is 3.47. The number of aromatic nitrogens is 2. The lowest BCUT2D eigenvalue weighted by molar-refractivity contribution is -0.154. The van der Waals surface area contributed by atoms with Crippen molar-refractivity contribution in [2.24, 2.45) is 0 Å². The number of halogens is 2. The summed E-state index contributed by atoms with van der Waals surface area (Å²) in [5, 5.41) is 3.93. The minimum Gasteiger partial charge on any atom is -0.459 e. The van der Waals surface area contributed by atoms with Gasteiger partial charge in [-0.05, 0) is 46.6 Å². The summed E-state index contributed by atoms with van der Waals surface area (Å²) < 4.78 is 63.5. The summed E-state index contributed by atoms with van der Waals surface area (Å²) in [5.41, 5.74) is -1.43. The number of carbonyl (C=O) groups is 1. The molecule has 202 valence electrons. The van der Waals surface area contributed by atoms with Crippen LogP contribution < -0.4 is 0 Å². The van der Waals surface area contributed by atoms with E-state index in [1.54, 1.807) is 46.8 Å². The molecular weight excluding hydrogens is 493 g/mol. The highest BCUT2D eigenvalue weighted by Crippen LogP contribution is 2.54. The Balaban J connectivity index is 2.19. The van der Waals surface area contributed by atoms with Crippen LogP contribution in [0.4, 0.5) is 8.78 Å². The number of unbranched alkanes of at least 4 members (excludes halogenated alkanes) is 1. The topological polar surface area (TPSA) is 101 Å². The van der Waals surface area contributed by atoms with E-state index in [9.17, 15) is 18.1 Å². The molecule has 8 nitrogen and oxygen atoms in total. The molecule has 1 aromatic heterocycles. The van der Waals surface area contributed by atoms with Crippen molar-refractivity contribution in [1.82, 2.24) is 10.1 Å². The fraction of sp³-hybridized carbons (Fsp3) is 0.640. The van der Waals surface area contributed by atoms with Crippen molar-refractivity contribution < 1.29 is 36.4 Å². The molecular formula is C25H37F2N2O6P. The molecule has 0 aliphatic carbocycles. The second-order valence-electron chi connectivity index (χ2n) is 9.41. The number of hydrogen-bond donors (Lipinski definition) is 0. The maximum atomic E-state index is 14.3. The number of ether oxygens (including phenoxy) is 1. The Labute approximate surface area is 211 Å². The van der Waals surface area contributed by atoms with Crippen LogP contribution in [0.1, 0.15) is 83.6 Å². The molecule has 0 amide bonds. The minimum absolute atomic E-state index is 0.0312. The first-order valence-corrected chi connectivity index (χ1v) is 13.8. The molecule has 0 aliphatic heterocycles. The molecule has 1 unspecified atom stereocenters. The van der Waals surface area contributed by atoms with Crippen molar-refractivity contribution in [1.29, 1.82) is 0 Å². The summed E-state index contributed by atoms with van der Waals surface area (Å²) in [6.07, 6.45) is 0.985. The van der Waals surface area contributed by atoms with Crippen molar-refractivity contribution in [3.05, 3.63) is 47.1 Å². The van der Waals surface area contributed by atoms with Gasteiger partial charge in [-0.2, -0.15) is 4.98 Å². The number of hydrogen-bond acceptors (Lipinski definition) is 8. The van der Waals surface area contributed by atoms with Gasteiger partial charge in [0.1, 0.15) is 5.60 Å². The van der Waals surface area contributed by atoms with E-state index in [0.29, 0.717) is 18.7 Å². The van der Waals surface area contributed by atoms with Crippen molar-refractivity contribution in [2.45, 2.75) is 90.8 Å². The highest BCUT2D eigenvalue weighted by molar-refractivity contribution is 7.55. The summed E-state index contributed by atoms with van der Waals surface area (Å²) in [6.45, 7) is 10.4. The molecule has 2 rings (SSSR count). The number of rotatable bonds is 14. The Morgan fingerprint density at radius 1 is 1.08 bits per heavy atom. The van der Waals surface area contributed by atoms with Gasteiger partial charge >= 0.3 is 13.6 Å². The van der Waals surface area contributed by atoms with E-state index in [1.807, 2.05) is 6.92 Å². The first-order chi connectivity index (χ1) is 16.8. The van der Waals surface area contributed by atoms with Crippen molar-refractivity contribution in [3.8, 4) is 0 Å². The molecule has 0 saturated carbocycles. The SMILES string of the molecule is CCCCC(F)(F)c1ccc(Cc2noc(CC(C(=O)OC(C)(C)C)P(=O)(OCC)OCC)n2)cc1. The molecule has 36 heavy (non-hydrogen) atoms. The van der Waals surface area contributed by atoms with Crippen molar-refractivity contribution in [2.75, 3.05) is 13.2 Å². The predicted octanol–water partition coefficient (Wildman–Crippen LogP) is 6.46. The van der Waals surface area contributed by atoms with Crippen LogP contribution in [-0.2, 0) is 41.9 Å². The first kappa shape index (κ1) is 30.1. The molecule has 0 fully saturated rings. The van der Waals surface area contributed by atoms with Gasteiger partial charge in [0.05, 0.1) is 19.6 Å². The number of alkyl halides is 2. The summed E-state index contributed by atoms with van der Waals surface area (Å²) in [4.78, 5) is 17.2. The molecule has 1 atom stereocenters. The van der Waals surface area contributed by atoms with E-state index in [1.165, 1.54) is 12.1 Å². The van der Waals surface area contributed by atoms with Crippen LogP contribution in [0.25, 0.3) is 0 Å². The van der Waals surface area contributed by atoms with E-state index in [0.717, 1.165) is 5.56 Å². The number of carbonyl (C=O) groups excluding carboxylic acids is 1. The van der Waals surface area contributed by atoms with E-state index >= 15 is 0 Å². The number of esters is 1. The molecule has 0 saturated heterocycles. The zero-order valence-electron chi connectivity index (χ0n) is 21.9. The van der Waals surface area contributed by atoms with E-state index < -0.39 is 30.7 Å². The minimum atomic E-state index is -3.90. The Morgan fingerprint density at radius 3 is 2.22 bits per heavy atom. The predicted molar refractivity (Wildman–Crippen MR) is 131 cm³/mol. The second kappa shape index (κ2) is 12.9. The third-order valence-electron chi connectivity index (χ3n) is 5.14. The summed E-state index contributed by atoms with van der Waals surface area (Å²) >= 11 is 0. The van der Waals surface area contributed by atoms with Gasteiger partial charge in [0.25, 0.3) is 5.92 Å². The monoisotopic (exact) mass is 530 g/mol. The average molecular weight is 531 g/mol. The van der Waals surface area contributed by atoms with Crippen LogP contribution >= 0.6 is 7.60 Å². The van der Waals surface area contributed by atoms with E-state index in [2.05, 4.69) is 10.1 Å². The number of benzene rings is 1. The Kier molecular flexibility index (Phi) is 10.8. The van der Waals surface area contributed by atoms with Crippen LogP contribution in [0.5, 0.6) is 0 Å². The molecule has 0 spiro atoms. The van der Waals surface area contributed by atoms with Gasteiger partial charge in [0.15, 0.2) is 11.5 Å². The highest BCUT2D eigenvalue weighted by atomic mass is 31.2. The van der Waals surface area contributed by atoms with Gasteiger partial charge < -0.3 is 18.3 Å². The van der Waals surface area contributed by atoms with E-state index in [-0.39, 0.29) is 43.9 Å². The summed E-state index contributed by atoms with van der Waals surface area (Å²) in [6, 6.07) is 6.02. The van der Waals surface area contributed by atoms with E-state index in [4.69, 9.17) is 18.3 Å². The highest BCUT2D eigenvalue weighted by Gasteiger charge is 2.44. The molecule has 0 N–H and O–H groups in total.